The van der Waals surface area contributed by atoms with Crippen molar-refractivity contribution in [3.8, 4) is 0 Å². The second-order valence-electron chi connectivity index (χ2n) is 4.31. The van der Waals surface area contributed by atoms with Crippen LogP contribution in [0.3, 0.4) is 0 Å². The minimum Gasteiger partial charge on any atom is -0.398 e. The summed E-state index contributed by atoms with van der Waals surface area (Å²) in [5.41, 5.74) is 0.849. The van der Waals surface area contributed by atoms with Crippen LogP contribution >= 0.6 is 0 Å². The van der Waals surface area contributed by atoms with Crippen molar-refractivity contribution in [2.45, 2.75) is 44.4 Å². The largest absolute Gasteiger partial charge is 0.398 e. The van der Waals surface area contributed by atoms with Gasteiger partial charge in [0, 0.05) is 34.1 Å². The Morgan fingerprint density at radius 2 is 0.941 bits per heavy atom. The Labute approximate surface area is 108 Å². The van der Waals surface area contributed by atoms with Crippen molar-refractivity contribution in [2.75, 3.05) is 28.4 Å². The molecule has 0 aromatic rings. The van der Waals surface area contributed by atoms with E-state index >= 15 is 0 Å². The molecule has 0 bridgehead atoms. The van der Waals surface area contributed by atoms with E-state index in [1.165, 1.54) is 0 Å². The Balaban J connectivity index is 4.89. The topological polar surface area (TPSA) is 36.9 Å². The maximum Gasteiger partial charge on any atom is 0.339 e. The van der Waals surface area contributed by atoms with E-state index in [1.54, 1.807) is 28.4 Å². The van der Waals surface area contributed by atoms with Gasteiger partial charge in [0.25, 0.3) is 0 Å². The SMILES string of the molecule is CCC[Si](C[Si](CCC)(OC)OC)(OC)OC. The maximum absolute atomic E-state index is 5.72. The fourth-order valence-corrected chi connectivity index (χ4v) is 11.9. The molecule has 0 aromatic carbocycles. The molecular weight excluding hydrogens is 252 g/mol. The molecule has 4 nitrogen and oxygen atoms in total. The summed E-state index contributed by atoms with van der Waals surface area (Å²) in [6.45, 7) is 4.31. The van der Waals surface area contributed by atoms with Crippen LogP contribution in [0.4, 0.5) is 0 Å². The molecule has 0 amide bonds. The van der Waals surface area contributed by atoms with Gasteiger partial charge in [0.15, 0.2) is 0 Å². The van der Waals surface area contributed by atoms with Crippen molar-refractivity contribution < 1.29 is 17.7 Å². The molecule has 0 aliphatic rings. The summed E-state index contributed by atoms with van der Waals surface area (Å²) in [7, 11) is 2.71. The van der Waals surface area contributed by atoms with E-state index in [-0.39, 0.29) is 0 Å². The highest BCUT2D eigenvalue weighted by Gasteiger charge is 2.48. The van der Waals surface area contributed by atoms with Crippen molar-refractivity contribution in [1.29, 1.82) is 0 Å². The highest BCUT2D eigenvalue weighted by Crippen LogP contribution is 2.30. The summed E-state index contributed by atoms with van der Waals surface area (Å²) in [6.07, 6.45) is 2.13. The first-order valence-corrected chi connectivity index (χ1v) is 10.7. The number of hydrogen-bond donors (Lipinski definition) is 0. The second-order valence-corrected chi connectivity index (χ2v) is 12.0. The van der Waals surface area contributed by atoms with Crippen molar-refractivity contribution in [2.24, 2.45) is 0 Å². The predicted octanol–water partition coefficient (Wildman–Crippen LogP) is 2.82. The van der Waals surface area contributed by atoms with Crippen molar-refractivity contribution >= 4 is 17.1 Å². The molecule has 0 N–H and O–H groups in total. The molecule has 0 radical (unpaired) electrons. The van der Waals surface area contributed by atoms with Crippen molar-refractivity contribution in [3.05, 3.63) is 0 Å². The second kappa shape index (κ2) is 8.39. The van der Waals surface area contributed by atoms with Gasteiger partial charge >= 0.3 is 17.1 Å². The van der Waals surface area contributed by atoms with Crippen LogP contribution in [0.15, 0.2) is 0 Å². The molecule has 104 valence electrons. The lowest BCUT2D eigenvalue weighted by Crippen LogP contribution is -2.53. The molecule has 0 rings (SSSR count). The van der Waals surface area contributed by atoms with E-state index in [9.17, 15) is 0 Å². The maximum atomic E-state index is 5.72. The van der Waals surface area contributed by atoms with E-state index < -0.39 is 17.1 Å². The predicted molar refractivity (Wildman–Crippen MR) is 74.5 cm³/mol. The highest BCUT2D eigenvalue weighted by atomic mass is 28.4. The third kappa shape index (κ3) is 4.80. The Morgan fingerprint density at radius 3 is 1.12 bits per heavy atom. The molecule has 6 heteroatoms. The molecule has 0 saturated carbocycles. The fraction of sp³-hybridized carbons (Fsp3) is 1.00. The molecule has 17 heavy (non-hydrogen) atoms. The normalized spacial score (nSPS) is 13.1. The standard InChI is InChI=1S/C11H28O4Si2/c1-7-9-16(12-3,13-4)11-17(14-5,15-6)10-8-2/h7-11H2,1-6H3. The van der Waals surface area contributed by atoms with Crippen molar-refractivity contribution in [3.63, 3.8) is 0 Å². The Bertz CT molecular complexity index is 174. The number of hydrogen-bond acceptors (Lipinski definition) is 4. The quantitative estimate of drug-likeness (QED) is 0.577. The van der Waals surface area contributed by atoms with Gasteiger partial charge in [-0.25, -0.2) is 0 Å². The minimum absolute atomic E-state index is 0.849. The zero-order valence-corrected chi connectivity index (χ0v) is 14.2. The van der Waals surface area contributed by atoms with Crippen LogP contribution in [-0.2, 0) is 17.7 Å². The van der Waals surface area contributed by atoms with Crippen LogP contribution in [0.5, 0.6) is 0 Å². The van der Waals surface area contributed by atoms with Gasteiger partial charge in [-0.05, 0) is 12.1 Å². The lowest BCUT2D eigenvalue weighted by Gasteiger charge is -2.35. The Kier molecular flexibility index (Phi) is 8.52. The van der Waals surface area contributed by atoms with Crippen molar-refractivity contribution in [1.82, 2.24) is 0 Å². The summed E-state index contributed by atoms with van der Waals surface area (Å²) in [6, 6.07) is 1.98. The van der Waals surface area contributed by atoms with Gasteiger partial charge in [-0.15, -0.1) is 0 Å². The van der Waals surface area contributed by atoms with E-state index in [4.69, 9.17) is 17.7 Å². The van der Waals surface area contributed by atoms with Gasteiger partial charge in [-0.1, -0.05) is 26.7 Å². The first-order chi connectivity index (χ1) is 8.07. The summed E-state index contributed by atoms with van der Waals surface area (Å²) >= 11 is 0. The first kappa shape index (κ1) is 17.3. The molecule has 0 saturated heterocycles. The Morgan fingerprint density at radius 1 is 0.647 bits per heavy atom. The monoisotopic (exact) mass is 280 g/mol. The molecule has 0 fully saturated rings. The van der Waals surface area contributed by atoms with E-state index in [0.717, 1.165) is 30.6 Å². The average molecular weight is 281 g/mol. The van der Waals surface area contributed by atoms with E-state index in [0.29, 0.717) is 0 Å². The van der Waals surface area contributed by atoms with Crippen LogP contribution in [0.1, 0.15) is 26.7 Å². The first-order valence-electron chi connectivity index (χ1n) is 6.28. The molecule has 0 spiro atoms. The third-order valence-electron chi connectivity index (χ3n) is 3.29. The van der Waals surface area contributed by atoms with Crippen LogP contribution in [-0.4, -0.2) is 45.6 Å². The molecule has 0 aromatic heterocycles. The smallest absolute Gasteiger partial charge is 0.339 e. The van der Waals surface area contributed by atoms with Crippen LogP contribution in [0.25, 0.3) is 0 Å². The van der Waals surface area contributed by atoms with Gasteiger partial charge in [0.2, 0.25) is 0 Å². The van der Waals surface area contributed by atoms with E-state index in [1.807, 2.05) is 0 Å². The lowest BCUT2D eigenvalue weighted by atomic mass is 10.6. The van der Waals surface area contributed by atoms with E-state index in [2.05, 4.69) is 13.8 Å². The molecular formula is C11H28O4Si2. The van der Waals surface area contributed by atoms with Gasteiger partial charge in [0.1, 0.15) is 0 Å². The highest BCUT2D eigenvalue weighted by molar-refractivity contribution is 6.86. The zero-order valence-electron chi connectivity index (χ0n) is 12.2. The summed E-state index contributed by atoms with van der Waals surface area (Å²) in [5.74, 6) is 0. The lowest BCUT2D eigenvalue weighted by molar-refractivity contribution is 0.218. The van der Waals surface area contributed by atoms with Gasteiger partial charge in [0.05, 0.1) is 0 Å². The summed E-state index contributed by atoms with van der Waals surface area (Å²) in [4.78, 5) is 0. The van der Waals surface area contributed by atoms with Crippen LogP contribution in [0.2, 0.25) is 17.8 Å². The molecule has 0 atom stereocenters. The summed E-state index contributed by atoms with van der Waals surface area (Å²) < 4.78 is 22.9. The average Bonchev–Trinajstić information content (AvgIpc) is 2.37. The zero-order chi connectivity index (χ0) is 13.4. The fourth-order valence-electron chi connectivity index (χ4n) is 2.21. The Hall–Kier alpha value is 0.274. The molecule has 0 aliphatic carbocycles. The van der Waals surface area contributed by atoms with Crippen LogP contribution < -0.4 is 0 Å². The number of rotatable bonds is 10. The van der Waals surface area contributed by atoms with Gasteiger partial charge in [-0.3, -0.25) is 0 Å². The van der Waals surface area contributed by atoms with Crippen LogP contribution in [0, 0.1) is 0 Å². The molecule has 0 heterocycles. The minimum atomic E-state index is -2.15. The molecule has 0 unspecified atom stereocenters. The summed E-state index contributed by atoms with van der Waals surface area (Å²) in [5, 5.41) is 0. The van der Waals surface area contributed by atoms with Gasteiger partial charge in [-0.2, -0.15) is 0 Å². The molecule has 0 aliphatic heterocycles. The van der Waals surface area contributed by atoms with Gasteiger partial charge < -0.3 is 17.7 Å². The third-order valence-corrected chi connectivity index (χ3v) is 13.1.